The molecule has 2 aromatic carbocycles. The van der Waals surface area contributed by atoms with Crippen LogP contribution in [0.25, 0.3) is 0 Å². The molecule has 0 fully saturated rings. The molecule has 0 unspecified atom stereocenters. The minimum absolute atomic E-state index is 0.00818. The number of sulfonamides is 1. The number of carbonyl (C=O) groups excluding carboxylic acids is 1. The van der Waals surface area contributed by atoms with Gasteiger partial charge < -0.3 is 14.2 Å². The largest absolute Gasteiger partial charge is 0.497 e. The first-order chi connectivity index (χ1) is 12.9. The number of methoxy groups -OCH3 is 2. The number of hydrogen-bond donors (Lipinski definition) is 1. The zero-order valence-corrected chi connectivity index (χ0v) is 15.6. The van der Waals surface area contributed by atoms with Gasteiger partial charge in [0.2, 0.25) is 0 Å². The van der Waals surface area contributed by atoms with Crippen LogP contribution >= 0.6 is 0 Å². The molecule has 0 bridgehead atoms. The second-order valence-corrected chi connectivity index (χ2v) is 7.22. The summed E-state index contributed by atoms with van der Waals surface area (Å²) in [7, 11) is -0.610. The molecule has 0 aromatic heterocycles. The van der Waals surface area contributed by atoms with Crippen LogP contribution in [-0.2, 0) is 14.8 Å². The molecule has 9 heteroatoms. The van der Waals surface area contributed by atoms with Gasteiger partial charge in [-0.05, 0) is 24.3 Å². The highest BCUT2D eigenvalue weighted by atomic mass is 32.2. The van der Waals surface area contributed by atoms with E-state index in [1.165, 1.54) is 32.4 Å². The third kappa shape index (κ3) is 4.03. The molecule has 0 radical (unpaired) electrons. The Kier molecular flexibility index (Phi) is 5.31. The summed E-state index contributed by atoms with van der Waals surface area (Å²) in [4.78, 5) is 16.6. The van der Waals surface area contributed by atoms with Crippen molar-refractivity contribution in [3.63, 3.8) is 0 Å². The Morgan fingerprint density at radius 2 is 1.74 bits per heavy atom. The van der Waals surface area contributed by atoms with E-state index >= 15 is 0 Å². The lowest BCUT2D eigenvalue weighted by Gasteiger charge is -2.08. The molecule has 0 atom stereocenters. The lowest BCUT2D eigenvalue weighted by Crippen LogP contribution is -2.23. The van der Waals surface area contributed by atoms with Crippen LogP contribution in [0.4, 0.5) is 0 Å². The monoisotopic (exact) mass is 390 g/mol. The Morgan fingerprint density at radius 3 is 2.41 bits per heavy atom. The lowest BCUT2D eigenvalue weighted by atomic mass is 10.2. The van der Waals surface area contributed by atoms with Gasteiger partial charge in [0.15, 0.2) is 0 Å². The molecule has 0 aliphatic carbocycles. The minimum atomic E-state index is -3.58. The van der Waals surface area contributed by atoms with E-state index in [4.69, 9.17) is 14.2 Å². The van der Waals surface area contributed by atoms with E-state index < -0.39 is 16.0 Å². The number of carbonyl (C=O) groups is 1. The molecule has 1 aliphatic heterocycles. The lowest BCUT2D eigenvalue weighted by molar-refractivity contribution is 0.0516. The smallest absolute Gasteiger partial charge is 0.338 e. The fourth-order valence-electron chi connectivity index (χ4n) is 2.56. The average Bonchev–Trinajstić information content (AvgIpc) is 2.95. The number of fused-ring (bicyclic) bond motifs is 1. The predicted octanol–water partition coefficient (Wildman–Crippen LogP) is 1.60. The Hall–Kier alpha value is -3.07. The summed E-state index contributed by atoms with van der Waals surface area (Å²) in [5.74, 6) is 0.626. The second kappa shape index (κ2) is 7.67. The van der Waals surface area contributed by atoms with Crippen molar-refractivity contribution < 1.29 is 27.4 Å². The number of rotatable bonds is 6. The number of aliphatic imine (C=N–C) groups is 1. The fourth-order valence-corrected chi connectivity index (χ4v) is 3.81. The standard InChI is InChI=1S/C18H18N2O6S/c1-24-13-9-12(10-14(11-13)25-2)18(21)26-8-7-19-17-15-5-3-4-6-16(15)27(22,23)20-17/h3-6,9-11H,7-8H2,1-2H3,(H,19,20). The maximum absolute atomic E-state index is 12.2. The third-order valence-electron chi connectivity index (χ3n) is 3.84. The van der Waals surface area contributed by atoms with E-state index in [9.17, 15) is 13.2 Å². The summed E-state index contributed by atoms with van der Waals surface area (Å²) in [6.45, 7) is 0.102. The Balaban J connectivity index is 1.64. The highest BCUT2D eigenvalue weighted by Gasteiger charge is 2.29. The van der Waals surface area contributed by atoms with Crippen LogP contribution in [0, 0.1) is 0 Å². The van der Waals surface area contributed by atoms with E-state index in [1.807, 2.05) is 0 Å². The Morgan fingerprint density at radius 1 is 1.07 bits per heavy atom. The van der Waals surface area contributed by atoms with Crippen molar-refractivity contribution in [3.8, 4) is 11.5 Å². The van der Waals surface area contributed by atoms with Gasteiger partial charge in [-0.25, -0.2) is 13.2 Å². The van der Waals surface area contributed by atoms with Crippen LogP contribution in [-0.4, -0.2) is 47.6 Å². The van der Waals surface area contributed by atoms with Crippen LogP contribution in [0.15, 0.2) is 52.4 Å². The minimum Gasteiger partial charge on any atom is -0.497 e. The predicted molar refractivity (Wildman–Crippen MR) is 98.0 cm³/mol. The van der Waals surface area contributed by atoms with E-state index in [2.05, 4.69) is 9.71 Å². The molecular formula is C18H18N2O6S. The second-order valence-electron chi connectivity index (χ2n) is 5.57. The number of hydrogen-bond acceptors (Lipinski definition) is 7. The molecule has 0 saturated heterocycles. The van der Waals surface area contributed by atoms with E-state index in [1.54, 1.807) is 24.3 Å². The van der Waals surface area contributed by atoms with Crippen molar-refractivity contribution in [2.24, 2.45) is 4.99 Å². The number of ether oxygens (including phenoxy) is 3. The van der Waals surface area contributed by atoms with E-state index in [0.29, 0.717) is 17.1 Å². The summed E-state index contributed by atoms with van der Waals surface area (Å²) in [5, 5.41) is 0. The molecular weight excluding hydrogens is 372 g/mol. The van der Waals surface area contributed by atoms with Crippen molar-refractivity contribution in [1.82, 2.24) is 4.72 Å². The average molecular weight is 390 g/mol. The maximum atomic E-state index is 12.2. The van der Waals surface area contributed by atoms with Crippen LogP contribution in [0.5, 0.6) is 11.5 Å². The van der Waals surface area contributed by atoms with Crippen molar-refractivity contribution in [2.75, 3.05) is 27.4 Å². The van der Waals surface area contributed by atoms with Crippen LogP contribution < -0.4 is 14.2 Å². The zero-order chi connectivity index (χ0) is 19.4. The van der Waals surface area contributed by atoms with E-state index in [-0.39, 0.29) is 29.4 Å². The molecule has 27 heavy (non-hydrogen) atoms. The van der Waals surface area contributed by atoms with Gasteiger partial charge in [0, 0.05) is 11.6 Å². The summed E-state index contributed by atoms with van der Waals surface area (Å²) in [6.07, 6.45) is 0. The molecule has 0 saturated carbocycles. The normalized spacial score (nSPS) is 15.7. The Labute approximate surface area is 156 Å². The fraction of sp³-hybridized carbons (Fsp3) is 0.222. The summed E-state index contributed by atoms with van der Waals surface area (Å²) in [6, 6.07) is 11.3. The van der Waals surface area contributed by atoms with Gasteiger partial charge in [0.1, 0.15) is 23.9 Å². The van der Waals surface area contributed by atoms with Crippen molar-refractivity contribution >= 4 is 21.8 Å². The van der Waals surface area contributed by atoms with Gasteiger partial charge in [-0.3, -0.25) is 9.71 Å². The quantitative estimate of drug-likeness (QED) is 0.594. The molecule has 0 amide bonds. The number of amidine groups is 1. The summed E-state index contributed by atoms with van der Waals surface area (Å²) in [5.41, 5.74) is 0.784. The number of nitrogens with zero attached hydrogens (tertiary/aromatic N) is 1. The SMILES string of the molecule is COc1cc(OC)cc(C(=O)OCCN=C2NS(=O)(=O)c3ccccc32)c1. The molecule has 2 aromatic rings. The molecule has 142 valence electrons. The maximum Gasteiger partial charge on any atom is 0.338 e. The van der Waals surface area contributed by atoms with Gasteiger partial charge in [-0.2, -0.15) is 0 Å². The molecule has 1 aliphatic rings. The first-order valence-electron chi connectivity index (χ1n) is 8.01. The van der Waals surface area contributed by atoms with Crippen molar-refractivity contribution in [1.29, 1.82) is 0 Å². The zero-order valence-electron chi connectivity index (χ0n) is 14.8. The number of nitrogens with one attached hydrogen (secondary N) is 1. The molecule has 3 rings (SSSR count). The van der Waals surface area contributed by atoms with Gasteiger partial charge in [-0.15, -0.1) is 0 Å². The molecule has 1 heterocycles. The van der Waals surface area contributed by atoms with Crippen LogP contribution in [0.3, 0.4) is 0 Å². The topological polar surface area (TPSA) is 103 Å². The first-order valence-corrected chi connectivity index (χ1v) is 9.50. The molecule has 8 nitrogen and oxygen atoms in total. The summed E-state index contributed by atoms with van der Waals surface area (Å²) < 4.78 is 41.8. The highest BCUT2D eigenvalue weighted by Crippen LogP contribution is 2.23. The van der Waals surface area contributed by atoms with E-state index in [0.717, 1.165) is 0 Å². The van der Waals surface area contributed by atoms with Gasteiger partial charge in [-0.1, -0.05) is 12.1 Å². The van der Waals surface area contributed by atoms with Gasteiger partial charge >= 0.3 is 5.97 Å². The Bertz CT molecular complexity index is 978. The van der Waals surface area contributed by atoms with Gasteiger partial charge in [0.25, 0.3) is 10.0 Å². The number of benzene rings is 2. The van der Waals surface area contributed by atoms with Crippen molar-refractivity contribution in [3.05, 3.63) is 53.6 Å². The van der Waals surface area contributed by atoms with Crippen LogP contribution in [0.1, 0.15) is 15.9 Å². The highest BCUT2D eigenvalue weighted by molar-refractivity contribution is 7.90. The third-order valence-corrected chi connectivity index (χ3v) is 5.24. The summed E-state index contributed by atoms with van der Waals surface area (Å²) >= 11 is 0. The van der Waals surface area contributed by atoms with Gasteiger partial charge in [0.05, 0.1) is 31.2 Å². The molecule has 0 spiro atoms. The first kappa shape index (κ1) is 18.7. The van der Waals surface area contributed by atoms with Crippen LogP contribution in [0.2, 0.25) is 0 Å². The molecule has 1 N–H and O–H groups in total. The number of esters is 1. The van der Waals surface area contributed by atoms with Crippen molar-refractivity contribution in [2.45, 2.75) is 4.90 Å².